The van der Waals surface area contributed by atoms with Gasteiger partial charge in [0.25, 0.3) is 0 Å². The lowest BCUT2D eigenvalue weighted by Crippen LogP contribution is -2.39. The highest BCUT2D eigenvalue weighted by Crippen LogP contribution is 2.30. The predicted octanol–water partition coefficient (Wildman–Crippen LogP) is 0.967. The summed E-state index contributed by atoms with van der Waals surface area (Å²) >= 11 is 1.69. The van der Waals surface area contributed by atoms with Gasteiger partial charge in [-0.15, -0.1) is 11.3 Å². The fourth-order valence-electron chi connectivity index (χ4n) is 2.36. The standard InChI is InChI=1S/C11H14N2O2S/c14-10-6-12-11(9-2-1-5-16-9)13(10)8-3-4-15-7-8/h1-2,5,8,11-12H,3-4,6-7H2. The smallest absolute Gasteiger partial charge is 0.238 e. The molecular weight excluding hydrogens is 224 g/mol. The summed E-state index contributed by atoms with van der Waals surface area (Å²) in [6, 6.07) is 4.34. The number of carbonyl (C=O) groups is 1. The zero-order valence-electron chi connectivity index (χ0n) is 8.89. The Morgan fingerprint density at radius 1 is 1.56 bits per heavy atom. The van der Waals surface area contributed by atoms with Gasteiger partial charge in [-0.1, -0.05) is 6.07 Å². The molecule has 4 nitrogen and oxygen atoms in total. The van der Waals surface area contributed by atoms with E-state index in [1.807, 2.05) is 16.3 Å². The van der Waals surface area contributed by atoms with Gasteiger partial charge in [-0.3, -0.25) is 10.1 Å². The van der Waals surface area contributed by atoms with Crippen LogP contribution in [0, 0.1) is 0 Å². The van der Waals surface area contributed by atoms with Crippen LogP contribution in [0.2, 0.25) is 0 Å². The van der Waals surface area contributed by atoms with Gasteiger partial charge in [-0.2, -0.15) is 0 Å². The average molecular weight is 238 g/mol. The molecule has 0 spiro atoms. The molecule has 16 heavy (non-hydrogen) atoms. The second-order valence-corrected chi connectivity index (χ2v) is 5.10. The molecule has 1 amide bonds. The molecule has 1 aromatic rings. The minimum Gasteiger partial charge on any atom is -0.379 e. The zero-order valence-corrected chi connectivity index (χ0v) is 9.70. The van der Waals surface area contributed by atoms with Crippen LogP contribution in [-0.2, 0) is 9.53 Å². The van der Waals surface area contributed by atoms with Gasteiger partial charge in [0, 0.05) is 11.5 Å². The van der Waals surface area contributed by atoms with Crippen LogP contribution in [0.1, 0.15) is 17.5 Å². The molecule has 0 radical (unpaired) electrons. The van der Waals surface area contributed by atoms with E-state index in [1.54, 1.807) is 11.3 Å². The summed E-state index contributed by atoms with van der Waals surface area (Å²) in [5, 5.41) is 5.31. The van der Waals surface area contributed by atoms with Gasteiger partial charge in [0.1, 0.15) is 6.17 Å². The molecule has 1 N–H and O–H groups in total. The van der Waals surface area contributed by atoms with Crippen LogP contribution in [0.5, 0.6) is 0 Å². The number of hydrogen-bond acceptors (Lipinski definition) is 4. The summed E-state index contributed by atoms with van der Waals surface area (Å²) in [6.45, 7) is 1.89. The molecule has 3 rings (SSSR count). The molecule has 2 aliphatic heterocycles. The van der Waals surface area contributed by atoms with Crippen LogP contribution in [0.15, 0.2) is 17.5 Å². The molecule has 0 bridgehead atoms. The lowest BCUT2D eigenvalue weighted by Gasteiger charge is -2.28. The fraction of sp³-hybridized carbons (Fsp3) is 0.545. The van der Waals surface area contributed by atoms with Crippen molar-refractivity contribution >= 4 is 17.2 Å². The number of carbonyl (C=O) groups excluding carboxylic acids is 1. The van der Waals surface area contributed by atoms with E-state index in [-0.39, 0.29) is 18.1 Å². The van der Waals surface area contributed by atoms with Crippen molar-refractivity contribution in [1.29, 1.82) is 0 Å². The van der Waals surface area contributed by atoms with Crippen LogP contribution in [0.4, 0.5) is 0 Å². The van der Waals surface area contributed by atoms with E-state index in [9.17, 15) is 4.79 Å². The number of ether oxygens (including phenoxy) is 1. The fourth-order valence-corrected chi connectivity index (χ4v) is 3.16. The highest BCUT2D eigenvalue weighted by atomic mass is 32.1. The Morgan fingerprint density at radius 2 is 2.50 bits per heavy atom. The summed E-state index contributed by atoms with van der Waals surface area (Å²) in [6.07, 6.45) is 1.01. The summed E-state index contributed by atoms with van der Waals surface area (Å²) < 4.78 is 5.37. The zero-order chi connectivity index (χ0) is 11.0. The second-order valence-electron chi connectivity index (χ2n) is 4.12. The summed E-state index contributed by atoms with van der Waals surface area (Å²) in [5.74, 6) is 0.189. The van der Waals surface area contributed by atoms with Crippen LogP contribution >= 0.6 is 11.3 Å². The van der Waals surface area contributed by atoms with Gasteiger partial charge < -0.3 is 9.64 Å². The van der Waals surface area contributed by atoms with E-state index in [1.165, 1.54) is 4.88 Å². The van der Waals surface area contributed by atoms with Crippen molar-refractivity contribution in [2.24, 2.45) is 0 Å². The van der Waals surface area contributed by atoms with E-state index in [0.29, 0.717) is 13.2 Å². The van der Waals surface area contributed by atoms with Crippen molar-refractivity contribution in [3.63, 3.8) is 0 Å². The van der Waals surface area contributed by atoms with Gasteiger partial charge in [-0.25, -0.2) is 0 Å². The first-order valence-corrected chi connectivity index (χ1v) is 6.40. The number of nitrogens with one attached hydrogen (secondary N) is 1. The van der Waals surface area contributed by atoms with Crippen molar-refractivity contribution in [2.75, 3.05) is 19.8 Å². The Hall–Kier alpha value is -0.910. The molecule has 3 heterocycles. The summed E-state index contributed by atoms with van der Waals surface area (Å²) in [7, 11) is 0. The molecule has 1 aromatic heterocycles. The quantitative estimate of drug-likeness (QED) is 0.834. The van der Waals surface area contributed by atoms with Crippen LogP contribution < -0.4 is 5.32 Å². The second kappa shape index (κ2) is 4.16. The van der Waals surface area contributed by atoms with Crippen molar-refractivity contribution in [2.45, 2.75) is 18.6 Å². The Kier molecular flexibility index (Phi) is 2.67. The molecule has 0 aliphatic carbocycles. The van der Waals surface area contributed by atoms with E-state index >= 15 is 0 Å². The third kappa shape index (κ3) is 1.65. The van der Waals surface area contributed by atoms with E-state index in [0.717, 1.165) is 13.0 Å². The van der Waals surface area contributed by atoms with Gasteiger partial charge >= 0.3 is 0 Å². The molecule has 86 valence electrons. The van der Waals surface area contributed by atoms with Gasteiger partial charge in [0.15, 0.2) is 0 Å². The molecule has 2 aliphatic rings. The van der Waals surface area contributed by atoms with Gasteiger partial charge in [0.05, 0.1) is 19.2 Å². The van der Waals surface area contributed by atoms with Crippen LogP contribution in [0.3, 0.4) is 0 Å². The maximum Gasteiger partial charge on any atom is 0.238 e. The topological polar surface area (TPSA) is 41.6 Å². The molecular formula is C11H14N2O2S. The van der Waals surface area contributed by atoms with Crippen molar-refractivity contribution in [3.05, 3.63) is 22.4 Å². The number of nitrogens with zero attached hydrogens (tertiary/aromatic N) is 1. The Balaban J connectivity index is 1.84. The van der Waals surface area contributed by atoms with Crippen LogP contribution in [-0.4, -0.2) is 36.6 Å². The lowest BCUT2D eigenvalue weighted by atomic mass is 10.2. The molecule has 2 saturated heterocycles. The summed E-state index contributed by atoms with van der Waals surface area (Å²) in [4.78, 5) is 15.0. The Bertz CT molecular complexity index is 373. The number of amides is 1. The molecule has 2 fully saturated rings. The third-order valence-electron chi connectivity index (χ3n) is 3.12. The minimum absolute atomic E-state index is 0.0548. The predicted molar refractivity (Wildman–Crippen MR) is 61.1 cm³/mol. The maximum absolute atomic E-state index is 11.9. The monoisotopic (exact) mass is 238 g/mol. The lowest BCUT2D eigenvalue weighted by molar-refractivity contribution is -0.130. The SMILES string of the molecule is O=C1CNC(c2cccs2)N1C1CCOC1. The minimum atomic E-state index is 0.0548. The van der Waals surface area contributed by atoms with Gasteiger partial charge in [0.2, 0.25) is 5.91 Å². The molecule has 2 unspecified atom stereocenters. The van der Waals surface area contributed by atoms with Gasteiger partial charge in [-0.05, 0) is 17.9 Å². The van der Waals surface area contributed by atoms with E-state index in [2.05, 4.69) is 11.4 Å². The highest BCUT2D eigenvalue weighted by Gasteiger charge is 2.38. The van der Waals surface area contributed by atoms with Crippen molar-refractivity contribution in [1.82, 2.24) is 10.2 Å². The first kappa shape index (κ1) is 10.3. The normalized spacial score (nSPS) is 30.2. The van der Waals surface area contributed by atoms with Crippen molar-refractivity contribution in [3.8, 4) is 0 Å². The largest absolute Gasteiger partial charge is 0.379 e. The number of rotatable bonds is 2. The molecule has 5 heteroatoms. The van der Waals surface area contributed by atoms with E-state index in [4.69, 9.17) is 4.74 Å². The van der Waals surface area contributed by atoms with E-state index < -0.39 is 0 Å². The number of hydrogen-bond donors (Lipinski definition) is 1. The molecule has 0 aromatic carbocycles. The first-order valence-electron chi connectivity index (χ1n) is 5.52. The molecule has 2 atom stereocenters. The highest BCUT2D eigenvalue weighted by molar-refractivity contribution is 7.10. The summed E-state index contributed by atoms with van der Waals surface area (Å²) in [5.41, 5.74) is 0. The maximum atomic E-state index is 11.9. The van der Waals surface area contributed by atoms with Crippen molar-refractivity contribution < 1.29 is 9.53 Å². The van der Waals surface area contributed by atoms with Crippen LogP contribution in [0.25, 0.3) is 0 Å². The first-order chi connectivity index (χ1) is 7.86. The average Bonchev–Trinajstić information content (AvgIpc) is 2.96. The Labute approximate surface area is 98.2 Å². The third-order valence-corrected chi connectivity index (χ3v) is 4.05. The molecule has 0 saturated carbocycles. The Morgan fingerprint density at radius 3 is 3.19 bits per heavy atom. The number of thiophene rings is 1.